The van der Waals surface area contributed by atoms with E-state index < -0.39 is 0 Å². The maximum Gasteiger partial charge on any atom is 0.257 e. The number of hydrogen-bond donors (Lipinski definition) is 0. The van der Waals surface area contributed by atoms with E-state index in [1.807, 2.05) is 53.9 Å². The number of rotatable bonds is 3. The number of nitrogens with zero attached hydrogens (tertiary/aromatic N) is 5. The summed E-state index contributed by atoms with van der Waals surface area (Å²) in [5, 5.41) is 0. The molecular weight excluding hydrogens is 366 g/mol. The highest BCUT2D eigenvalue weighted by atomic mass is 16.2. The molecule has 7 heteroatoms. The van der Waals surface area contributed by atoms with E-state index in [4.69, 9.17) is 0 Å². The third kappa shape index (κ3) is 3.45. The normalized spacial score (nSPS) is 23.2. The number of carbonyl (C=O) groups is 2. The van der Waals surface area contributed by atoms with Crippen LogP contribution in [-0.2, 0) is 4.79 Å². The minimum absolute atomic E-state index is 0.0185. The van der Waals surface area contributed by atoms with Crippen molar-refractivity contribution in [2.24, 2.45) is 11.8 Å². The van der Waals surface area contributed by atoms with Crippen molar-refractivity contribution in [1.82, 2.24) is 19.8 Å². The summed E-state index contributed by atoms with van der Waals surface area (Å²) in [7, 11) is 3.75. The van der Waals surface area contributed by atoms with E-state index >= 15 is 0 Å². The summed E-state index contributed by atoms with van der Waals surface area (Å²) in [4.78, 5) is 39.9. The Morgan fingerprint density at radius 1 is 1.10 bits per heavy atom. The van der Waals surface area contributed by atoms with Crippen LogP contribution >= 0.6 is 0 Å². The predicted octanol–water partition coefficient (Wildman–Crippen LogP) is 2.14. The standard InChI is InChI=1S/C22H27N5O2/c1-14-18(10-23-22(24-14)25(3)4)21(29)26-11-17-12-27(15(2)28)20(19(17)13-26)16-8-6-5-7-9-16/h5-10,17,19-20H,11-13H2,1-4H3/t17-,19-,20+/m1/s1. The van der Waals surface area contributed by atoms with Crippen molar-refractivity contribution in [3.63, 3.8) is 0 Å². The van der Waals surface area contributed by atoms with Crippen molar-refractivity contribution in [3.8, 4) is 0 Å². The van der Waals surface area contributed by atoms with Crippen LogP contribution in [0.3, 0.4) is 0 Å². The molecule has 2 amide bonds. The minimum Gasteiger partial charge on any atom is -0.347 e. The molecule has 2 aliphatic rings. The van der Waals surface area contributed by atoms with E-state index in [1.54, 1.807) is 13.1 Å². The second kappa shape index (κ2) is 7.46. The molecule has 3 atom stereocenters. The Balaban J connectivity index is 1.57. The predicted molar refractivity (Wildman–Crippen MR) is 111 cm³/mol. The summed E-state index contributed by atoms with van der Waals surface area (Å²) in [5.41, 5.74) is 2.38. The molecule has 3 heterocycles. The Bertz CT molecular complexity index is 930. The van der Waals surface area contributed by atoms with Gasteiger partial charge >= 0.3 is 0 Å². The zero-order valence-electron chi connectivity index (χ0n) is 17.4. The Morgan fingerprint density at radius 3 is 2.45 bits per heavy atom. The first kappa shape index (κ1) is 19.4. The number of anilines is 1. The van der Waals surface area contributed by atoms with Gasteiger partial charge in [0.2, 0.25) is 11.9 Å². The second-order valence-corrected chi connectivity index (χ2v) is 8.22. The van der Waals surface area contributed by atoms with Crippen LogP contribution in [0.25, 0.3) is 0 Å². The fourth-order valence-electron chi connectivity index (χ4n) is 4.66. The van der Waals surface area contributed by atoms with Crippen molar-refractivity contribution < 1.29 is 9.59 Å². The highest BCUT2D eigenvalue weighted by Gasteiger charge is 2.49. The van der Waals surface area contributed by atoms with Gasteiger partial charge in [0.15, 0.2) is 0 Å². The molecule has 0 unspecified atom stereocenters. The Kier molecular flexibility index (Phi) is 4.98. The Labute approximate surface area is 171 Å². The molecule has 1 aromatic carbocycles. The van der Waals surface area contributed by atoms with Gasteiger partial charge in [-0.15, -0.1) is 0 Å². The summed E-state index contributed by atoms with van der Waals surface area (Å²) in [6, 6.07) is 10.2. The monoisotopic (exact) mass is 393 g/mol. The number of likely N-dealkylation sites (tertiary alicyclic amines) is 2. The van der Waals surface area contributed by atoms with Crippen LogP contribution in [0, 0.1) is 18.8 Å². The number of hydrogen-bond acceptors (Lipinski definition) is 5. The lowest BCUT2D eigenvalue weighted by Gasteiger charge is -2.29. The van der Waals surface area contributed by atoms with E-state index in [1.165, 1.54) is 0 Å². The number of amides is 2. The number of aromatic nitrogens is 2. The molecule has 4 rings (SSSR count). The van der Waals surface area contributed by atoms with Crippen LogP contribution in [0.2, 0.25) is 0 Å². The van der Waals surface area contributed by atoms with Crippen molar-refractivity contribution >= 4 is 17.8 Å². The highest BCUT2D eigenvalue weighted by Crippen LogP contribution is 2.45. The molecule has 2 fully saturated rings. The number of benzene rings is 1. The van der Waals surface area contributed by atoms with Crippen LogP contribution in [0.1, 0.15) is 34.6 Å². The van der Waals surface area contributed by atoms with Gasteiger partial charge in [0.1, 0.15) is 0 Å². The zero-order chi connectivity index (χ0) is 20.7. The SMILES string of the molecule is CC(=O)N1C[C@H]2CN(C(=O)c3cnc(N(C)C)nc3C)C[C@H]2[C@@H]1c1ccccc1. The first-order chi connectivity index (χ1) is 13.9. The Hall–Kier alpha value is -2.96. The minimum atomic E-state index is -0.0246. The van der Waals surface area contributed by atoms with Crippen molar-refractivity contribution in [3.05, 3.63) is 53.3 Å². The topological polar surface area (TPSA) is 69.6 Å². The number of aryl methyl sites for hydroxylation is 1. The summed E-state index contributed by atoms with van der Waals surface area (Å²) >= 11 is 0. The fraction of sp³-hybridized carbons (Fsp3) is 0.455. The van der Waals surface area contributed by atoms with E-state index in [-0.39, 0.29) is 29.7 Å². The van der Waals surface area contributed by atoms with Gasteiger partial charge in [-0.05, 0) is 12.5 Å². The smallest absolute Gasteiger partial charge is 0.257 e. The summed E-state index contributed by atoms with van der Waals surface area (Å²) < 4.78 is 0. The van der Waals surface area contributed by atoms with E-state index in [2.05, 4.69) is 22.1 Å². The molecule has 0 saturated carbocycles. The molecule has 2 aromatic rings. The molecule has 7 nitrogen and oxygen atoms in total. The first-order valence-electron chi connectivity index (χ1n) is 9.99. The molecule has 2 saturated heterocycles. The third-order valence-electron chi connectivity index (χ3n) is 6.09. The lowest BCUT2D eigenvalue weighted by molar-refractivity contribution is -0.130. The van der Waals surface area contributed by atoms with Crippen LogP contribution in [0.4, 0.5) is 5.95 Å². The van der Waals surface area contributed by atoms with Crippen molar-refractivity contribution in [2.75, 3.05) is 38.6 Å². The maximum absolute atomic E-state index is 13.2. The second-order valence-electron chi connectivity index (χ2n) is 8.22. The van der Waals surface area contributed by atoms with Gasteiger partial charge in [0, 0.05) is 58.7 Å². The maximum atomic E-state index is 13.2. The average molecular weight is 393 g/mol. The van der Waals surface area contributed by atoms with Gasteiger partial charge < -0.3 is 14.7 Å². The number of carbonyl (C=O) groups excluding carboxylic acids is 2. The van der Waals surface area contributed by atoms with Crippen LogP contribution in [0.5, 0.6) is 0 Å². The van der Waals surface area contributed by atoms with E-state index in [9.17, 15) is 9.59 Å². The molecule has 2 aliphatic heterocycles. The molecule has 0 aliphatic carbocycles. The zero-order valence-corrected chi connectivity index (χ0v) is 17.4. The largest absolute Gasteiger partial charge is 0.347 e. The molecule has 29 heavy (non-hydrogen) atoms. The van der Waals surface area contributed by atoms with Gasteiger partial charge in [0.05, 0.1) is 17.3 Å². The number of fused-ring (bicyclic) bond motifs is 1. The molecule has 152 valence electrons. The van der Waals surface area contributed by atoms with Gasteiger partial charge in [0.25, 0.3) is 5.91 Å². The van der Waals surface area contributed by atoms with Crippen LogP contribution < -0.4 is 4.90 Å². The summed E-state index contributed by atoms with van der Waals surface area (Å²) in [5.74, 6) is 1.19. The van der Waals surface area contributed by atoms with Gasteiger partial charge in [-0.1, -0.05) is 30.3 Å². The van der Waals surface area contributed by atoms with Crippen molar-refractivity contribution in [1.29, 1.82) is 0 Å². The van der Waals surface area contributed by atoms with Crippen LogP contribution in [-0.4, -0.2) is 65.3 Å². The molecule has 0 radical (unpaired) electrons. The molecular formula is C22H27N5O2. The molecule has 0 N–H and O–H groups in total. The van der Waals surface area contributed by atoms with Gasteiger partial charge in [-0.25, -0.2) is 9.97 Å². The van der Waals surface area contributed by atoms with E-state index in [0.717, 1.165) is 5.56 Å². The molecule has 0 bridgehead atoms. The highest BCUT2D eigenvalue weighted by molar-refractivity contribution is 5.95. The van der Waals surface area contributed by atoms with E-state index in [0.29, 0.717) is 36.8 Å². The van der Waals surface area contributed by atoms with Crippen LogP contribution in [0.15, 0.2) is 36.5 Å². The summed E-state index contributed by atoms with van der Waals surface area (Å²) in [6.07, 6.45) is 1.63. The fourth-order valence-corrected chi connectivity index (χ4v) is 4.66. The van der Waals surface area contributed by atoms with Crippen molar-refractivity contribution in [2.45, 2.75) is 19.9 Å². The Morgan fingerprint density at radius 2 is 1.83 bits per heavy atom. The lowest BCUT2D eigenvalue weighted by atomic mass is 9.89. The average Bonchev–Trinajstić information content (AvgIpc) is 3.26. The third-order valence-corrected chi connectivity index (χ3v) is 6.09. The van der Waals surface area contributed by atoms with Gasteiger partial charge in [-0.2, -0.15) is 0 Å². The lowest BCUT2D eigenvalue weighted by Crippen LogP contribution is -2.36. The molecule has 1 aromatic heterocycles. The summed E-state index contributed by atoms with van der Waals surface area (Å²) in [6.45, 7) is 5.47. The first-order valence-corrected chi connectivity index (χ1v) is 9.99. The molecule has 0 spiro atoms. The van der Waals surface area contributed by atoms with Gasteiger partial charge in [-0.3, -0.25) is 9.59 Å². The quantitative estimate of drug-likeness (QED) is 0.799.